The molecule has 15 heavy (non-hydrogen) atoms. The van der Waals surface area contributed by atoms with Gasteiger partial charge in [0.2, 0.25) is 0 Å². The highest BCUT2D eigenvalue weighted by molar-refractivity contribution is 5.76. The quantitative estimate of drug-likeness (QED) is 0.653. The molecule has 1 rings (SSSR count). The molecule has 1 heterocycles. The van der Waals surface area contributed by atoms with Crippen LogP contribution in [0.3, 0.4) is 0 Å². The van der Waals surface area contributed by atoms with Crippen LogP contribution in [0.4, 0.5) is 0 Å². The van der Waals surface area contributed by atoms with Crippen LogP contribution in [0, 0.1) is 0 Å². The molecule has 0 bridgehead atoms. The average Bonchev–Trinajstić information content (AvgIpc) is 2.18. The average molecular weight is 215 g/mol. The van der Waals surface area contributed by atoms with Crippen LogP contribution >= 0.6 is 0 Å². The molecule has 0 aliphatic carbocycles. The third kappa shape index (κ3) is 4.15. The largest absolute Gasteiger partial charge is 0.298 e. The maximum Gasteiger partial charge on any atom is 0.257 e. The van der Waals surface area contributed by atoms with Crippen molar-refractivity contribution in [2.75, 3.05) is 39.8 Å². The zero-order valence-electron chi connectivity index (χ0n) is 9.82. The minimum Gasteiger partial charge on any atom is -0.298 e. The molecular formula is C10H21N3O2. The number of piperazine rings is 1. The van der Waals surface area contributed by atoms with Crippen LogP contribution in [0.5, 0.6) is 0 Å². The van der Waals surface area contributed by atoms with Crippen molar-refractivity contribution in [3.63, 3.8) is 0 Å². The van der Waals surface area contributed by atoms with Gasteiger partial charge in [-0.1, -0.05) is 0 Å². The standard InChI is InChI=1S/C10H21N3O2/c1-9(2)13-6-4-12(5-7-13)8-10(14)11-15-3/h9H,4-8H2,1-3H3,(H,11,14). The summed E-state index contributed by atoms with van der Waals surface area (Å²) in [6.07, 6.45) is 0. The lowest BCUT2D eigenvalue weighted by molar-refractivity contribution is -0.132. The number of nitrogens with zero attached hydrogens (tertiary/aromatic N) is 2. The van der Waals surface area contributed by atoms with Gasteiger partial charge in [-0.15, -0.1) is 0 Å². The first kappa shape index (κ1) is 12.4. The number of carbonyl (C=O) groups excluding carboxylic acids is 1. The Hall–Kier alpha value is -0.650. The molecule has 0 spiro atoms. The normalized spacial score (nSPS) is 19.5. The molecule has 0 saturated carbocycles. The van der Waals surface area contributed by atoms with Gasteiger partial charge in [0.1, 0.15) is 0 Å². The molecule has 1 amide bonds. The van der Waals surface area contributed by atoms with Crippen molar-refractivity contribution in [1.29, 1.82) is 0 Å². The highest BCUT2D eigenvalue weighted by atomic mass is 16.6. The Morgan fingerprint density at radius 1 is 1.33 bits per heavy atom. The van der Waals surface area contributed by atoms with E-state index in [1.807, 2.05) is 0 Å². The van der Waals surface area contributed by atoms with Gasteiger partial charge in [0.15, 0.2) is 0 Å². The third-order valence-corrected chi connectivity index (χ3v) is 2.72. The Balaban J connectivity index is 2.22. The van der Waals surface area contributed by atoms with Crippen LogP contribution in [-0.4, -0.2) is 61.6 Å². The molecule has 1 saturated heterocycles. The van der Waals surface area contributed by atoms with E-state index in [-0.39, 0.29) is 5.91 Å². The molecule has 5 nitrogen and oxygen atoms in total. The molecule has 0 atom stereocenters. The molecule has 1 fully saturated rings. The van der Waals surface area contributed by atoms with E-state index >= 15 is 0 Å². The first-order chi connectivity index (χ1) is 7.13. The Bertz CT molecular complexity index is 201. The van der Waals surface area contributed by atoms with Crippen molar-refractivity contribution < 1.29 is 9.63 Å². The Labute approximate surface area is 91.3 Å². The smallest absolute Gasteiger partial charge is 0.257 e. The molecule has 0 radical (unpaired) electrons. The van der Waals surface area contributed by atoms with E-state index in [9.17, 15) is 4.79 Å². The van der Waals surface area contributed by atoms with Crippen LogP contribution in [-0.2, 0) is 9.63 Å². The fourth-order valence-corrected chi connectivity index (χ4v) is 1.79. The third-order valence-electron chi connectivity index (χ3n) is 2.72. The van der Waals surface area contributed by atoms with Crippen LogP contribution in [0.1, 0.15) is 13.8 Å². The van der Waals surface area contributed by atoms with Gasteiger partial charge in [0.25, 0.3) is 5.91 Å². The van der Waals surface area contributed by atoms with Crippen LogP contribution < -0.4 is 5.48 Å². The molecule has 0 aromatic carbocycles. The molecule has 0 aromatic rings. The summed E-state index contributed by atoms with van der Waals surface area (Å²) in [4.78, 5) is 20.4. The molecule has 1 aliphatic rings. The van der Waals surface area contributed by atoms with Gasteiger partial charge < -0.3 is 0 Å². The highest BCUT2D eigenvalue weighted by Gasteiger charge is 2.20. The number of hydrogen-bond donors (Lipinski definition) is 1. The lowest BCUT2D eigenvalue weighted by Gasteiger charge is -2.36. The fraction of sp³-hybridized carbons (Fsp3) is 0.900. The first-order valence-electron chi connectivity index (χ1n) is 5.41. The molecule has 1 N–H and O–H groups in total. The van der Waals surface area contributed by atoms with Gasteiger partial charge in [-0.3, -0.25) is 19.4 Å². The van der Waals surface area contributed by atoms with Crippen molar-refractivity contribution >= 4 is 5.91 Å². The zero-order chi connectivity index (χ0) is 11.3. The minimum atomic E-state index is -0.0736. The topological polar surface area (TPSA) is 44.8 Å². The number of hydrogen-bond acceptors (Lipinski definition) is 4. The summed E-state index contributed by atoms with van der Waals surface area (Å²) >= 11 is 0. The van der Waals surface area contributed by atoms with E-state index in [0.717, 1.165) is 26.2 Å². The maximum absolute atomic E-state index is 11.2. The molecule has 5 heteroatoms. The van der Waals surface area contributed by atoms with Crippen molar-refractivity contribution in [3.8, 4) is 0 Å². The van der Waals surface area contributed by atoms with E-state index in [0.29, 0.717) is 12.6 Å². The van der Waals surface area contributed by atoms with Crippen molar-refractivity contribution in [1.82, 2.24) is 15.3 Å². The van der Waals surface area contributed by atoms with Crippen LogP contribution in [0.15, 0.2) is 0 Å². The summed E-state index contributed by atoms with van der Waals surface area (Å²) in [6.45, 7) is 8.82. The molecule has 0 aromatic heterocycles. The summed E-state index contributed by atoms with van der Waals surface area (Å²) in [5.74, 6) is -0.0736. The van der Waals surface area contributed by atoms with Gasteiger partial charge in [0.05, 0.1) is 13.7 Å². The van der Waals surface area contributed by atoms with E-state index in [1.165, 1.54) is 7.11 Å². The predicted octanol–water partition coefficient (Wildman–Crippen LogP) is -0.310. The Morgan fingerprint density at radius 2 is 1.93 bits per heavy atom. The van der Waals surface area contributed by atoms with E-state index in [4.69, 9.17) is 0 Å². The summed E-state index contributed by atoms with van der Waals surface area (Å²) in [5.41, 5.74) is 2.33. The zero-order valence-corrected chi connectivity index (χ0v) is 9.82. The maximum atomic E-state index is 11.2. The molecular weight excluding hydrogens is 194 g/mol. The SMILES string of the molecule is CONC(=O)CN1CCN(C(C)C)CC1. The Kier molecular flexibility index (Phi) is 5.01. The lowest BCUT2D eigenvalue weighted by Crippen LogP contribution is -2.51. The second kappa shape index (κ2) is 6.05. The predicted molar refractivity (Wildman–Crippen MR) is 58.3 cm³/mol. The number of amides is 1. The van der Waals surface area contributed by atoms with Gasteiger partial charge in [0, 0.05) is 32.2 Å². The summed E-state index contributed by atoms with van der Waals surface area (Å²) in [6, 6.07) is 0.597. The van der Waals surface area contributed by atoms with Crippen LogP contribution in [0.25, 0.3) is 0 Å². The summed E-state index contributed by atoms with van der Waals surface area (Å²) < 4.78 is 0. The number of nitrogens with one attached hydrogen (secondary N) is 1. The summed E-state index contributed by atoms with van der Waals surface area (Å²) in [5, 5.41) is 0. The number of carbonyl (C=O) groups is 1. The van der Waals surface area contributed by atoms with Crippen molar-refractivity contribution in [3.05, 3.63) is 0 Å². The second-order valence-corrected chi connectivity index (χ2v) is 4.14. The number of rotatable bonds is 4. The molecule has 88 valence electrons. The second-order valence-electron chi connectivity index (χ2n) is 4.14. The van der Waals surface area contributed by atoms with Gasteiger partial charge in [-0.2, -0.15) is 0 Å². The lowest BCUT2D eigenvalue weighted by atomic mass is 10.2. The van der Waals surface area contributed by atoms with Crippen molar-refractivity contribution in [2.24, 2.45) is 0 Å². The van der Waals surface area contributed by atoms with Crippen LogP contribution in [0.2, 0.25) is 0 Å². The molecule has 0 unspecified atom stereocenters. The van der Waals surface area contributed by atoms with Crippen molar-refractivity contribution in [2.45, 2.75) is 19.9 Å². The summed E-state index contributed by atoms with van der Waals surface area (Å²) in [7, 11) is 1.45. The van der Waals surface area contributed by atoms with E-state index in [1.54, 1.807) is 0 Å². The van der Waals surface area contributed by atoms with Gasteiger partial charge >= 0.3 is 0 Å². The molecule has 1 aliphatic heterocycles. The van der Waals surface area contributed by atoms with Gasteiger partial charge in [-0.05, 0) is 13.8 Å². The van der Waals surface area contributed by atoms with E-state index < -0.39 is 0 Å². The first-order valence-corrected chi connectivity index (χ1v) is 5.41. The Morgan fingerprint density at radius 3 is 2.40 bits per heavy atom. The monoisotopic (exact) mass is 215 g/mol. The van der Waals surface area contributed by atoms with Gasteiger partial charge in [-0.25, -0.2) is 5.48 Å². The minimum absolute atomic E-state index is 0.0736. The van der Waals surface area contributed by atoms with E-state index in [2.05, 4.69) is 34.0 Å². The highest BCUT2D eigenvalue weighted by Crippen LogP contribution is 2.04. The number of hydroxylamine groups is 1. The fourth-order valence-electron chi connectivity index (χ4n) is 1.79.